The highest BCUT2D eigenvalue weighted by atomic mass is 15.2. The van der Waals surface area contributed by atoms with E-state index in [4.69, 9.17) is 0 Å². The largest absolute Gasteiger partial charge is 0.313 e. The van der Waals surface area contributed by atoms with E-state index in [2.05, 4.69) is 37.9 Å². The molecule has 0 bridgehead atoms. The Bertz CT molecular complexity index is 266. The number of nitrogens with zero attached hydrogens (tertiary/aromatic N) is 1. The molecule has 0 radical (unpaired) electrons. The van der Waals surface area contributed by atoms with Crippen molar-refractivity contribution in [3.63, 3.8) is 0 Å². The zero-order valence-electron chi connectivity index (χ0n) is 13.5. The minimum atomic E-state index is 0.500. The molecule has 0 aromatic carbocycles. The van der Waals surface area contributed by atoms with E-state index < -0.39 is 0 Å². The van der Waals surface area contributed by atoms with Gasteiger partial charge in [0.05, 0.1) is 0 Å². The van der Waals surface area contributed by atoms with Crippen LogP contribution in [0.5, 0.6) is 0 Å². The van der Waals surface area contributed by atoms with Gasteiger partial charge < -0.3 is 5.32 Å². The van der Waals surface area contributed by atoms with Gasteiger partial charge in [-0.05, 0) is 56.4 Å². The van der Waals surface area contributed by atoms with E-state index >= 15 is 0 Å². The highest BCUT2D eigenvalue weighted by Gasteiger charge is 2.36. The van der Waals surface area contributed by atoms with Crippen LogP contribution in [0.4, 0.5) is 0 Å². The minimum Gasteiger partial charge on any atom is -0.313 e. The number of likely N-dealkylation sites (tertiary alicyclic amines) is 1. The maximum Gasteiger partial charge on any atom is 0.0119 e. The molecule has 2 heteroatoms. The van der Waals surface area contributed by atoms with Crippen LogP contribution in [0.2, 0.25) is 0 Å². The zero-order chi connectivity index (χ0) is 13.9. The summed E-state index contributed by atoms with van der Waals surface area (Å²) in [6.07, 6.45) is 8.25. The van der Waals surface area contributed by atoms with Crippen molar-refractivity contribution in [3.8, 4) is 0 Å². The Kier molecular flexibility index (Phi) is 5.30. The number of rotatable bonds is 8. The quantitative estimate of drug-likeness (QED) is 0.721. The van der Waals surface area contributed by atoms with Gasteiger partial charge in [-0.15, -0.1) is 0 Å². The molecule has 1 atom stereocenters. The van der Waals surface area contributed by atoms with Gasteiger partial charge in [-0.2, -0.15) is 0 Å². The molecule has 1 saturated carbocycles. The third kappa shape index (κ3) is 3.95. The number of hydrogen-bond acceptors (Lipinski definition) is 2. The summed E-state index contributed by atoms with van der Waals surface area (Å²) in [4.78, 5) is 2.80. The maximum absolute atomic E-state index is 3.79. The fraction of sp³-hybridized carbons (Fsp3) is 1.00. The van der Waals surface area contributed by atoms with Crippen LogP contribution in [0.25, 0.3) is 0 Å². The summed E-state index contributed by atoms with van der Waals surface area (Å²) in [5.74, 6) is 0.810. The summed E-state index contributed by atoms with van der Waals surface area (Å²) < 4.78 is 0. The first-order valence-electron chi connectivity index (χ1n) is 8.57. The number of nitrogens with one attached hydrogen (secondary N) is 1. The molecule has 0 amide bonds. The van der Waals surface area contributed by atoms with Crippen LogP contribution >= 0.6 is 0 Å². The molecule has 19 heavy (non-hydrogen) atoms. The molecular formula is C17H34N2. The van der Waals surface area contributed by atoms with Gasteiger partial charge in [0.15, 0.2) is 0 Å². The van der Waals surface area contributed by atoms with Gasteiger partial charge in [-0.3, -0.25) is 4.90 Å². The van der Waals surface area contributed by atoms with Gasteiger partial charge in [0.1, 0.15) is 0 Å². The van der Waals surface area contributed by atoms with E-state index in [1.54, 1.807) is 0 Å². The van der Waals surface area contributed by atoms with Crippen LogP contribution in [0, 0.1) is 11.3 Å². The lowest BCUT2D eigenvalue weighted by Gasteiger charge is -2.39. The van der Waals surface area contributed by atoms with Crippen molar-refractivity contribution in [2.24, 2.45) is 11.3 Å². The molecular weight excluding hydrogens is 232 g/mol. The van der Waals surface area contributed by atoms with Gasteiger partial charge in [-0.1, -0.05) is 27.7 Å². The summed E-state index contributed by atoms with van der Waals surface area (Å²) in [6, 6.07) is 1.68. The standard InChI is InChI=1S/C17H34N2/c1-5-17(6-2,12-18-15-9-10-15)13-19-11-7-8-16(19)14(3)4/h14-16,18H,5-13H2,1-4H3. The van der Waals surface area contributed by atoms with E-state index in [1.165, 1.54) is 58.2 Å². The predicted molar refractivity (Wildman–Crippen MR) is 83.5 cm³/mol. The Morgan fingerprint density at radius 1 is 1.16 bits per heavy atom. The summed E-state index contributed by atoms with van der Waals surface area (Å²) >= 11 is 0. The van der Waals surface area contributed by atoms with Gasteiger partial charge in [0, 0.05) is 25.2 Å². The monoisotopic (exact) mass is 266 g/mol. The molecule has 1 heterocycles. The molecule has 1 aliphatic carbocycles. The van der Waals surface area contributed by atoms with Crippen LogP contribution in [0.1, 0.15) is 66.2 Å². The summed E-state index contributed by atoms with van der Waals surface area (Å²) in [7, 11) is 0. The Labute approximate surface area is 120 Å². The fourth-order valence-corrected chi connectivity index (χ4v) is 3.66. The molecule has 0 aromatic heterocycles. The molecule has 2 fully saturated rings. The van der Waals surface area contributed by atoms with Crippen LogP contribution in [0.3, 0.4) is 0 Å². The number of hydrogen-bond donors (Lipinski definition) is 1. The molecule has 2 aliphatic rings. The average molecular weight is 266 g/mol. The SMILES string of the molecule is CCC(CC)(CNC1CC1)CN1CCCC1C(C)C. The van der Waals surface area contributed by atoms with Crippen LogP contribution in [-0.2, 0) is 0 Å². The highest BCUT2D eigenvalue weighted by Crippen LogP contribution is 2.33. The molecule has 0 aromatic rings. The Hall–Kier alpha value is -0.0800. The second-order valence-electron chi connectivity index (χ2n) is 7.29. The van der Waals surface area contributed by atoms with Crippen molar-refractivity contribution in [1.29, 1.82) is 0 Å². The second-order valence-corrected chi connectivity index (χ2v) is 7.29. The van der Waals surface area contributed by atoms with Gasteiger partial charge in [0.2, 0.25) is 0 Å². The van der Waals surface area contributed by atoms with Crippen molar-refractivity contribution in [1.82, 2.24) is 10.2 Å². The van der Waals surface area contributed by atoms with Crippen molar-refractivity contribution in [2.45, 2.75) is 78.3 Å². The third-order valence-corrected chi connectivity index (χ3v) is 5.57. The van der Waals surface area contributed by atoms with Crippen LogP contribution in [-0.4, -0.2) is 36.6 Å². The molecule has 2 nitrogen and oxygen atoms in total. The Balaban J connectivity index is 1.93. The lowest BCUT2D eigenvalue weighted by molar-refractivity contribution is 0.106. The zero-order valence-corrected chi connectivity index (χ0v) is 13.5. The first kappa shape index (κ1) is 15.3. The molecule has 1 unspecified atom stereocenters. The van der Waals surface area contributed by atoms with Crippen LogP contribution in [0.15, 0.2) is 0 Å². The van der Waals surface area contributed by atoms with E-state index in [1.807, 2.05) is 0 Å². The van der Waals surface area contributed by atoms with Gasteiger partial charge >= 0.3 is 0 Å². The first-order valence-corrected chi connectivity index (χ1v) is 8.57. The normalized spacial score (nSPS) is 25.4. The third-order valence-electron chi connectivity index (χ3n) is 5.57. The summed E-state index contributed by atoms with van der Waals surface area (Å²) in [5, 5.41) is 3.79. The summed E-state index contributed by atoms with van der Waals surface area (Å²) in [6.45, 7) is 13.4. The molecule has 2 rings (SSSR count). The van der Waals surface area contributed by atoms with Crippen molar-refractivity contribution >= 4 is 0 Å². The van der Waals surface area contributed by atoms with Gasteiger partial charge in [0.25, 0.3) is 0 Å². The Morgan fingerprint density at radius 2 is 1.84 bits per heavy atom. The molecule has 0 spiro atoms. The fourth-order valence-electron chi connectivity index (χ4n) is 3.66. The van der Waals surface area contributed by atoms with Crippen molar-refractivity contribution in [2.75, 3.05) is 19.6 Å². The smallest absolute Gasteiger partial charge is 0.0119 e. The van der Waals surface area contributed by atoms with E-state index in [9.17, 15) is 0 Å². The molecule has 112 valence electrons. The van der Waals surface area contributed by atoms with Crippen molar-refractivity contribution < 1.29 is 0 Å². The lowest BCUT2D eigenvalue weighted by atomic mass is 9.81. The molecule has 1 N–H and O–H groups in total. The lowest BCUT2D eigenvalue weighted by Crippen LogP contribution is -2.46. The predicted octanol–water partition coefficient (Wildman–Crippen LogP) is 3.67. The topological polar surface area (TPSA) is 15.3 Å². The average Bonchev–Trinajstić information content (AvgIpc) is 3.12. The van der Waals surface area contributed by atoms with Crippen LogP contribution < -0.4 is 5.32 Å². The highest BCUT2D eigenvalue weighted by molar-refractivity contribution is 4.91. The Morgan fingerprint density at radius 3 is 2.37 bits per heavy atom. The van der Waals surface area contributed by atoms with E-state index in [-0.39, 0.29) is 0 Å². The van der Waals surface area contributed by atoms with Crippen molar-refractivity contribution in [3.05, 3.63) is 0 Å². The maximum atomic E-state index is 3.79. The summed E-state index contributed by atoms with van der Waals surface area (Å²) in [5.41, 5.74) is 0.500. The molecule has 1 saturated heterocycles. The second kappa shape index (κ2) is 6.58. The minimum absolute atomic E-state index is 0.500. The van der Waals surface area contributed by atoms with E-state index in [0.717, 1.165) is 18.0 Å². The molecule has 1 aliphatic heterocycles. The first-order chi connectivity index (χ1) is 9.10. The van der Waals surface area contributed by atoms with Gasteiger partial charge in [-0.25, -0.2) is 0 Å². The van der Waals surface area contributed by atoms with E-state index in [0.29, 0.717) is 5.41 Å².